The molecule has 0 radical (unpaired) electrons. The molecule has 1 N–H and O–H groups in total. The number of hydrogen-bond donors (Lipinski definition) is 1. The summed E-state index contributed by atoms with van der Waals surface area (Å²) in [5.41, 5.74) is 1.63. The highest BCUT2D eigenvalue weighted by molar-refractivity contribution is 5.95. The summed E-state index contributed by atoms with van der Waals surface area (Å²) in [6.07, 6.45) is -1.09. The summed E-state index contributed by atoms with van der Waals surface area (Å²) in [7, 11) is 0. The number of aromatic nitrogens is 1. The minimum absolute atomic E-state index is 0.360. The molecule has 0 saturated heterocycles. The van der Waals surface area contributed by atoms with Gasteiger partial charge in [-0.2, -0.15) is 5.26 Å². The van der Waals surface area contributed by atoms with Gasteiger partial charge < -0.3 is 14.5 Å². The minimum Gasteiger partial charge on any atom is -0.451 e. The van der Waals surface area contributed by atoms with Crippen LogP contribution in [-0.4, -0.2) is 22.5 Å². The van der Waals surface area contributed by atoms with E-state index in [9.17, 15) is 14.4 Å². The van der Waals surface area contributed by atoms with E-state index in [0.717, 1.165) is 4.57 Å². The van der Waals surface area contributed by atoms with Crippen LogP contribution < -0.4 is 11.1 Å². The standard InChI is InChI=1S/C19H15N3O5/c1-12(18(24)21-14-6-4-5-13(9-14)10-20)26-17(23)11-22-15-7-2-3-8-16(15)27-19(22)25/h2-9,12H,11H2,1H3,(H,21,24). The molecule has 2 aromatic carbocycles. The first-order valence-corrected chi connectivity index (χ1v) is 8.07. The summed E-state index contributed by atoms with van der Waals surface area (Å²) in [6, 6.07) is 15.0. The number of hydrogen-bond acceptors (Lipinski definition) is 6. The molecule has 8 nitrogen and oxygen atoms in total. The third-order valence-corrected chi connectivity index (χ3v) is 3.80. The number of carbonyl (C=O) groups excluding carboxylic acids is 2. The maximum Gasteiger partial charge on any atom is 0.420 e. The average molecular weight is 365 g/mol. The van der Waals surface area contributed by atoms with Crippen molar-refractivity contribution in [3.05, 3.63) is 64.6 Å². The highest BCUT2D eigenvalue weighted by Crippen LogP contribution is 2.13. The second-order valence-corrected chi connectivity index (χ2v) is 5.74. The molecule has 136 valence electrons. The summed E-state index contributed by atoms with van der Waals surface area (Å²) < 4.78 is 11.3. The molecule has 3 rings (SSSR count). The molecule has 1 atom stereocenters. The molecule has 0 aliphatic carbocycles. The van der Waals surface area contributed by atoms with Crippen LogP contribution in [0.15, 0.2) is 57.7 Å². The predicted molar refractivity (Wildman–Crippen MR) is 95.8 cm³/mol. The molecule has 0 bridgehead atoms. The van der Waals surface area contributed by atoms with Gasteiger partial charge in [0.25, 0.3) is 5.91 Å². The number of nitrogens with one attached hydrogen (secondary N) is 1. The second-order valence-electron chi connectivity index (χ2n) is 5.74. The number of amides is 1. The van der Waals surface area contributed by atoms with E-state index in [1.54, 1.807) is 42.5 Å². The number of rotatable bonds is 5. The normalized spacial score (nSPS) is 11.6. The minimum atomic E-state index is -1.09. The van der Waals surface area contributed by atoms with Crippen LogP contribution >= 0.6 is 0 Å². The summed E-state index contributed by atoms with van der Waals surface area (Å²) in [4.78, 5) is 36.2. The van der Waals surface area contributed by atoms with Gasteiger partial charge in [0.05, 0.1) is 17.1 Å². The lowest BCUT2D eigenvalue weighted by Gasteiger charge is -2.13. The van der Waals surface area contributed by atoms with Crippen LogP contribution in [0.2, 0.25) is 0 Å². The summed E-state index contributed by atoms with van der Waals surface area (Å²) in [6.45, 7) is 1.04. The zero-order chi connectivity index (χ0) is 19.4. The van der Waals surface area contributed by atoms with Gasteiger partial charge in [0.2, 0.25) is 0 Å². The lowest BCUT2D eigenvalue weighted by molar-refractivity contribution is -0.153. The molecule has 27 heavy (non-hydrogen) atoms. The van der Waals surface area contributed by atoms with Gasteiger partial charge in [-0.1, -0.05) is 18.2 Å². The highest BCUT2D eigenvalue weighted by atomic mass is 16.5. The third-order valence-electron chi connectivity index (χ3n) is 3.80. The maximum atomic E-state index is 12.2. The van der Waals surface area contributed by atoms with E-state index >= 15 is 0 Å². The van der Waals surface area contributed by atoms with Crippen LogP contribution in [0.4, 0.5) is 5.69 Å². The Balaban J connectivity index is 1.64. The number of fused-ring (bicyclic) bond motifs is 1. The molecule has 0 aliphatic heterocycles. The van der Waals surface area contributed by atoms with Crippen molar-refractivity contribution < 1.29 is 18.7 Å². The smallest absolute Gasteiger partial charge is 0.420 e. The Hall–Kier alpha value is -3.86. The molecule has 8 heteroatoms. The van der Waals surface area contributed by atoms with Crippen molar-refractivity contribution in [2.24, 2.45) is 0 Å². The largest absolute Gasteiger partial charge is 0.451 e. The number of anilines is 1. The van der Waals surface area contributed by atoms with Crippen molar-refractivity contribution in [3.8, 4) is 6.07 Å². The van der Waals surface area contributed by atoms with Gasteiger partial charge in [0.1, 0.15) is 6.54 Å². The van der Waals surface area contributed by atoms with E-state index in [1.165, 1.54) is 13.0 Å². The molecular weight excluding hydrogens is 350 g/mol. The fraction of sp³-hybridized carbons (Fsp3) is 0.158. The number of ether oxygens (including phenoxy) is 1. The SMILES string of the molecule is CC(OC(=O)Cn1c(=O)oc2ccccc21)C(=O)Nc1cccc(C#N)c1. The quantitative estimate of drug-likeness (QED) is 0.692. The van der Waals surface area contributed by atoms with Crippen molar-refractivity contribution in [2.75, 3.05) is 5.32 Å². The highest BCUT2D eigenvalue weighted by Gasteiger charge is 2.20. The van der Waals surface area contributed by atoms with Gasteiger partial charge in [-0.3, -0.25) is 14.2 Å². The topological polar surface area (TPSA) is 114 Å². The Bertz CT molecular complexity index is 1110. The Morgan fingerprint density at radius 2 is 2.04 bits per heavy atom. The van der Waals surface area contributed by atoms with Crippen LogP contribution in [0, 0.1) is 11.3 Å². The van der Waals surface area contributed by atoms with Gasteiger partial charge in [0.15, 0.2) is 11.7 Å². The van der Waals surface area contributed by atoms with E-state index in [1.807, 2.05) is 6.07 Å². The lowest BCUT2D eigenvalue weighted by Crippen LogP contribution is -2.32. The van der Waals surface area contributed by atoms with Crippen molar-refractivity contribution in [2.45, 2.75) is 19.6 Å². The summed E-state index contributed by atoms with van der Waals surface area (Å²) in [5.74, 6) is -1.99. The van der Waals surface area contributed by atoms with E-state index in [4.69, 9.17) is 14.4 Å². The number of nitriles is 1. The number of nitrogens with zero attached hydrogens (tertiary/aromatic N) is 2. The Kier molecular flexibility index (Phi) is 5.04. The zero-order valence-electron chi connectivity index (χ0n) is 14.3. The Morgan fingerprint density at radius 3 is 2.81 bits per heavy atom. The lowest BCUT2D eigenvalue weighted by atomic mass is 10.2. The van der Waals surface area contributed by atoms with Crippen molar-refractivity contribution in [1.82, 2.24) is 4.57 Å². The van der Waals surface area contributed by atoms with E-state index in [0.29, 0.717) is 22.4 Å². The van der Waals surface area contributed by atoms with Crippen molar-refractivity contribution in [1.29, 1.82) is 5.26 Å². The zero-order valence-corrected chi connectivity index (χ0v) is 14.3. The average Bonchev–Trinajstić information content (AvgIpc) is 2.97. The molecule has 0 aliphatic rings. The molecule has 1 aromatic heterocycles. The number of benzene rings is 2. The summed E-state index contributed by atoms with van der Waals surface area (Å²) in [5, 5.41) is 11.4. The van der Waals surface area contributed by atoms with Crippen LogP contribution in [0.3, 0.4) is 0 Å². The molecule has 1 amide bonds. The van der Waals surface area contributed by atoms with Crippen molar-refractivity contribution >= 4 is 28.7 Å². The van der Waals surface area contributed by atoms with E-state index in [2.05, 4.69) is 5.32 Å². The number of esters is 1. The Labute approximate surface area is 153 Å². The van der Waals surface area contributed by atoms with Gasteiger partial charge >= 0.3 is 11.7 Å². The summed E-state index contributed by atoms with van der Waals surface area (Å²) >= 11 is 0. The molecule has 1 unspecified atom stereocenters. The third kappa shape index (κ3) is 4.04. The van der Waals surface area contributed by atoms with E-state index in [-0.39, 0.29) is 6.54 Å². The van der Waals surface area contributed by atoms with Crippen LogP contribution in [0.25, 0.3) is 11.1 Å². The first kappa shape index (κ1) is 17.9. The van der Waals surface area contributed by atoms with Gasteiger partial charge in [0, 0.05) is 5.69 Å². The predicted octanol–water partition coefficient (Wildman–Crippen LogP) is 2.04. The molecule has 0 fully saturated rings. The molecular formula is C19H15N3O5. The molecule has 1 heterocycles. The van der Waals surface area contributed by atoms with Gasteiger partial charge in [-0.25, -0.2) is 4.79 Å². The molecule has 0 saturated carbocycles. The van der Waals surface area contributed by atoms with Crippen molar-refractivity contribution in [3.63, 3.8) is 0 Å². The monoisotopic (exact) mass is 365 g/mol. The van der Waals surface area contributed by atoms with Crippen LogP contribution in [0.1, 0.15) is 12.5 Å². The fourth-order valence-corrected chi connectivity index (χ4v) is 2.49. The fourth-order valence-electron chi connectivity index (χ4n) is 2.49. The van der Waals surface area contributed by atoms with Crippen LogP contribution in [0.5, 0.6) is 0 Å². The number of carbonyl (C=O) groups is 2. The first-order chi connectivity index (χ1) is 13.0. The van der Waals surface area contributed by atoms with Gasteiger partial charge in [-0.05, 0) is 37.3 Å². The first-order valence-electron chi connectivity index (χ1n) is 8.07. The molecule has 3 aromatic rings. The van der Waals surface area contributed by atoms with Gasteiger partial charge in [-0.15, -0.1) is 0 Å². The Morgan fingerprint density at radius 1 is 1.26 bits per heavy atom. The second kappa shape index (κ2) is 7.58. The van der Waals surface area contributed by atoms with E-state index < -0.39 is 23.7 Å². The molecule has 0 spiro atoms. The maximum absolute atomic E-state index is 12.2. The number of para-hydroxylation sites is 2. The number of oxazole rings is 1. The van der Waals surface area contributed by atoms with Crippen LogP contribution in [-0.2, 0) is 20.9 Å².